The minimum Gasteiger partial charge on any atom is -0.274 e. The maximum absolute atomic E-state index is 11.9. The smallest absolute Gasteiger partial charge is 0.269 e. The van der Waals surface area contributed by atoms with Gasteiger partial charge in [-0.25, -0.2) is 0 Å². The molecule has 0 saturated heterocycles. The molecule has 0 unspecified atom stereocenters. The molecule has 18 heavy (non-hydrogen) atoms. The van der Waals surface area contributed by atoms with Crippen LogP contribution in [0.1, 0.15) is 6.92 Å². The number of hydrogen-bond donors (Lipinski definition) is 2. The summed E-state index contributed by atoms with van der Waals surface area (Å²) >= 11 is 1.22. The molecular weight excluding hydrogens is 254 g/mol. The van der Waals surface area contributed by atoms with Crippen molar-refractivity contribution in [2.24, 2.45) is 0 Å². The van der Waals surface area contributed by atoms with Crippen LogP contribution in [0, 0.1) is 0 Å². The zero-order chi connectivity index (χ0) is 13.1. The molecule has 7 heteroatoms. The molecule has 2 rings (SSSR count). The molecule has 1 aromatic carbocycles. The summed E-state index contributed by atoms with van der Waals surface area (Å²) in [4.78, 5) is 34.0. The average Bonchev–Trinajstić information content (AvgIpc) is 2.65. The number of rotatable bonds is 2. The van der Waals surface area contributed by atoms with Crippen molar-refractivity contribution in [2.75, 3.05) is 0 Å². The van der Waals surface area contributed by atoms with Crippen LogP contribution in [-0.4, -0.2) is 15.8 Å². The van der Waals surface area contributed by atoms with E-state index < -0.39 is 5.91 Å². The van der Waals surface area contributed by atoms with Crippen LogP contribution in [0.15, 0.2) is 29.1 Å². The van der Waals surface area contributed by atoms with Crippen molar-refractivity contribution < 1.29 is 9.59 Å². The second-order valence-corrected chi connectivity index (χ2v) is 4.72. The van der Waals surface area contributed by atoms with Gasteiger partial charge in [0, 0.05) is 6.92 Å². The van der Waals surface area contributed by atoms with Crippen molar-refractivity contribution in [3.8, 4) is 0 Å². The second-order valence-electron chi connectivity index (χ2n) is 3.66. The number of carbonyl (C=O) groups is 2. The van der Waals surface area contributed by atoms with Gasteiger partial charge in [-0.3, -0.25) is 29.2 Å². The molecule has 1 heterocycles. The van der Waals surface area contributed by atoms with E-state index >= 15 is 0 Å². The molecule has 1 aromatic heterocycles. The highest BCUT2D eigenvalue weighted by atomic mass is 32.1. The van der Waals surface area contributed by atoms with Gasteiger partial charge >= 0.3 is 0 Å². The number of aromatic nitrogens is 1. The summed E-state index contributed by atoms with van der Waals surface area (Å²) in [7, 11) is 0. The second kappa shape index (κ2) is 5.01. The maximum atomic E-state index is 11.9. The zero-order valence-corrected chi connectivity index (χ0v) is 10.4. The van der Waals surface area contributed by atoms with Gasteiger partial charge < -0.3 is 0 Å². The number of fused-ring (bicyclic) bond motifs is 1. The van der Waals surface area contributed by atoms with E-state index in [0.717, 1.165) is 4.70 Å². The molecule has 0 bridgehead atoms. The lowest BCUT2D eigenvalue weighted by Gasteiger charge is -2.04. The highest BCUT2D eigenvalue weighted by molar-refractivity contribution is 7.13. The first kappa shape index (κ1) is 12.3. The molecule has 0 radical (unpaired) electrons. The van der Waals surface area contributed by atoms with Gasteiger partial charge in [-0.15, -0.1) is 0 Å². The molecule has 0 aliphatic carbocycles. The fourth-order valence-electron chi connectivity index (χ4n) is 1.45. The van der Waals surface area contributed by atoms with Crippen LogP contribution < -0.4 is 16.4 Å². The molecular formula is C11H11N3O3S. The summed E-state index contributed by atoms with van der Waals surface area (Å²) in [6.07, 6.45) is 0. The Balaban J connectivity index is 2.17. The fourth-order valence-corrected chi connectivity index (χ4v) is 2.44. The summed E-state index contributed by atoms with van der Waals surface area (Å²) in [6.45, 7) is 1.17. The monoisotopic (exact) mass is 265 g/mol. The molecule has 0 spiro atoms. The van der Waals surface area contributed by atoms with E-state index in [0.29, 0.717) is 5.39 Å². The quantitative estimate of drug-likeness (QED) is 0.763. The molecule has 2 aromatic rings. The van der Waals surface area contributed by atoms with Gasteiger partial charge in [0.2, 0.25) is 5.91 Å². The van der Waals surface area contributed by atoms with Gasteiger partial charge in [0.15, 0.2) is 0 Å². The lowest BCUT2D eigenvalue weighted by molar-refractivity contribution is -0.128. The van der Waals surface area contributed by atoms with Gasteiger partial charge in [-0.1, -0.05) is 23.7 Å². The first-order valence-corrected chi connectivity index (χ1v) is 5.99. The average molecular weight is 265 g/mol. The van der Waals surface area contributed by atoms with E-state index in [2.05, 4.69) is 10.9 Å². The Morgan fingerprint density at radius 3 is 2.67 bits per heavy atom. The SMILES string of the molecule is CC(=O)NNC(=O)Cn1sc2ccccc2c1=O. The number of benzene rings is 1. The van der Waals surface area contributed by atoms with E-state index in [-0.39, 0.29) is 18.0 Å². The van der Waals surface area contributed by atoms with Crippen LogP contribution in [0.3, 0.4) is 0 Å². The summed E-state index contributed by atoms with van der Waals surface area (Å²) in [5.41, 5.74) is 4.18. The Labute approximate surface area is 106 Å². The van der Waals surface area contributed by atoms with Gasteiger partial charge in [-0.2, -0.15) is 0 Å². The molecule has 0 aliphatic rings. The van der Waals surface area contributed by atoms with E-state index in [9.17, 15) is 14.4 Å². The number of carbonyl (C=O) groups excluding carboxylic acids is 2. The topological polar surface area (TPSA) is 80.2 Å². The van der Waals surface area contributed by atoms with Crippen molar-refractivity contribution in [3.63, 3.8) is 0 Å². The third kappa shape index (κ3) is 2.57. The Morgan fingerprint density at radius 1 is 1.28 bits per heavy atom. The Morgan fingerprint density at radius 2 is 2.00 bits per heavy atom. The lowest BCUT2D eigenvalue weighted by Crippen LogP contribution is -2.42. The van der Waals surface area contributed by atoms with Gasteiger partial charge in [0.25, 0.3) is 11.5 Å². The van der Waals surface area contributed by atoms with Crippen molar-refractivity contribution >= 4 is 33.4 Å². The summed E-state index contributed by atoms with van der Waals surface area (Å²) < 4.78 is 2.18. The first-order valence-electron chi connectivity index (χ1n) is 5.22. The lowest BCUT2D eigenvalue weighted by atomic mass is 10.3. The van der Waals surface area contributed by atoms with Crippen LogP contribution in [0.25, 0.3) is 10.1 Å². The molecule has 2 N–H and O–H groups in total. The van der Waals surface area contributed by atoms with Crippen molar-refractivity contribution in [3.05, 3.63) is 34.6 Å². The maximum Gasteiger partial charge on any atom is 0.269 e. The van der Waals surface area contributed by atoms with Crippen molar-refractivity contribution in [1.82, 2.24) is 14.8 Å². The highest BCUT2D eigenvalue weighted by Crippen LogP contribution is 2.15. The summed E-state index contributed by atoms with van der Waals surface area (Å²) in [6, 6.07) is 7.15. The molecule has 0 fully saturated rings. The van der Waals surface area contributed by atoms with Gasteiger partial charge in [-0.05, 0) is 12.1 Å². The number of nitrogens with zero attached hydrogens (tertiary/aromatic N) is 1. The van der Waals surface area contributed by atoms with Crippen LogP contribution in [0.2, 0.25) is 0 Å². The van der Waals surface area contributed by atoms with E-state index in [1.165, 1.54) is 22.4 Å². The number of hydrazine groups is 1. The summed E-state index contributed by atoms with van der Waals surface area (Å²) in [5.74, 6) is -0.814. The minimum atomic E-state index is -0.446. The van der Waals surface area contributed by atoms with Crippen LogP contribution in [0.5, 0.6) is 0 Å². The van der Waals surface area contributed by atoms with E-state index in [4.69, 9.17) is 0 Å². The molecule has 94 valence electrons. The Bertz CT molecular complexity index is 659. The van der Waals surface area contributed by atoms with Crippen LogP contribution >= 0.6 is 11.5 Å². The highest BCUT2D eigenvalue weighted by Gasteiger charge is 2.10. The molecule has 0 saturated carbocycles. The molecule has 6 nitrogen and oxygen atoms in total. The van der Waals surface area contributed by atoms with Crippen LogP contribution in [0.4, 0.5) is 0 Å². The molecule has 0 aliphatic heterocycles. The molecule has 0 atom stereocenters. The van der Waals surface area contributed by atoms with Gasteiger partial charge in [0.05, 0.1) is 10.1 Å². The number of amides is 2. The normalized spacial score (nSPS) is 10.3. The standard InChI is InChI=1S/C11H11N3O3S/c1-7(15)12-13-10(16)6-14-11(17)8-4-2-3-5-9(8)18-14/h2-5H,6H2,1H3,(H,12,15)(H,13,16). The third-order valence-corrected chi connectivity index (χ3v) is 3.29. The number of nitrogens with one attached hydrogen (secondary N) is 2. The minimum absolute atomic E-state index is 0.113. The number of hydrogen-bond acceptors (Lipinski definition) is 4. The molecule has 2 amide bonds. The van der Waals surface area contributed by atoms with Crippen LogP contribution in [-0.2, 0) is 16.1 Å². The van der Waals surface area contributed by atoms with Gasteiger partial charge in [0.1, 0.15) is 6.54 Å². The van der Waals surface area contributed by atoms with E-state index in [1.54, 1.807) is 12.1 Å². The third-order valence-electron chi connectivity index (χ3n) is 2.22. The summed E-state index contributed by atoms with van der Waals surface area (Å²) in [5, 5.41) is 0.592. The van der Waals surface area contributed by atoms with E-state index in [1.807, 2.05) is 12.1 Å². The zero-order valence-electron chi connectivity index (χ0n) is 9.60. The fraction of sp³-hybridized carbons (Fsp3) is 0.182. The Hall–Kier alpha value is -2.15. The first-order chi connectivity index (χ1) is 8.58. The van der Waals surface area contributed by atoms with Crippen molar-refractivity contribution in [2.45, 2.75) is 13.5 Å². The van der Waals surface area contributed by atoms with Crippen molar-refractivity contribution in [1.29, 1.82) is 0 Å². The predicted octanol–water partition coefficient (Wildman–Crippen LogP) is 0.230. The largest absolute Gasteiger partial charge is 0.274 e. The predicted molar refractivity (Wildman–Crippen MR) is 68.0 cm³/mol. The Kier molecular flexibility index (Phi) is 3.42.